The molecule has 0 aliphatic carbocycles. The monoisotopic (exact) mass is 417 g/mol. The first-order valence-corrected chi connectivity index (χ1v) is 8.76. The van der Waals surface area contributed by atoms with Crippen molar-refractivity contribution in [2.24, 2.45) is 5.92 Å². The number of halogens is 1. The predicted octanol–water partition coefficient (Wildman–Crippen LogP) is 3.66. The lowest BCUT2D eigenvalue weighted by atomic mass is 10.1. The van der Waals surface area contributed by atoms with Gasteiger partial charge in [0.1, 0.15) is 0 Å². The number of nitrogens with zero attached hydrogens (tertiary/aromatic N) is 2. The molecule has 1 saturated heterocycles. The summed E-state index contributed by atoms with van der Waals surface area (Å²) in [5, 5.41) is 13.5. The third-order valence-corrected chi connectivity index (χ3v) is 4.89. The quantitative estimate of drug-likeness (QED) is 0.606. The molecule has 3 rings (SSSR count). The third-order valence-electron chi connectivity index (χ3n) is 4.23. The van der Waals surface area contributed by atoms with Crippen molar-refractivity contribution >= 4 is 44.8 Å². The Morgan fingerprint density at radius 2 is 2.08 bits per heavy atom. The maximum atomic E-state index is 12.5. The van der Waals surface area contributed by atoms with Crippen molar-refractivity contribution in [2.45, 2.75) is 13.3 Å². The molecule has 0 bridgehead atoms. The van der Waals surface area contributed by atoms with Crippen molar-refractivity contribution < 1.29 is 14.5 Å². The average Bonchev–Trinajstić information content (AvgIpc) is 2.98. The number of anilines is 2. The van der Waals surface area contributed by atoms with E-state index in [-0.39, 0.29) is 23.9 Å². The van der Waals surface area contributed by atoms with Crippen LogP contribution in [0, 0.1) is 23.0 Å². The summed E-state index contributed by atoms with van der Waals surface area (Å²) in [6.07, 6.45) is 0.129. The van der Waals surface area contributed by atoms with Crippen LogP contribution in [0.4, 0.5) is 17.1 Å². The highest BCUT2D eigenvalue weighted by Crippen LogP contribution is 2.30. The summed E-state index contributed by atoms with van der Waals surface area (Å²) < 4.78 is 0.417. The zero-order valence-corrected chi connectivity index (χ0v) is 15.5. The minimum Gasteiger partial charge on any atom is -0.325 e. The second-order valence-corrected chi connectivity index (χ2v) is 7.01. The number of amides is 2. The van der Waals surface area contributed by atoms with Gasteiger partial charge in [0.05, 0.1) is 16.5 Å². The molecule has 1 unspecified atom stereocenters. The molecule has 1 aliphatic rings. The number of rotatable bonds is 4. The molecule has 7 nitrogen and oxygen atoms in total. The van der Waals surface area contributed by atoms with Gasteiger partial charge in [-0.2, -0.15) is 0 Å². The van der Waals surface area contributed by atoms with Gasteiger partial charge in [0.15, 0.2) is 0 Å². The minimum atomic E-state index is -0.508. The Balaban J connectivity index is 1.71. The largest absolute Gasteiger partial charge is 0.325 e. The number of benzene rings is 2. The summed E-state index contributed by atoms with van der Waals surface area (Å²) in [5.74, 6) is -0.869. The molecule has 2 amide bonds. The lowest BCUT2D eigenvalue weighted by Crippen LogP contribution is -2.28. The molecule has 0 spiro atoms. The molecule has 2 aromatic carbocycles. The molecule has 2 aromatic rings. The number of non-ortho nitro benzene ring substituents is 1. The molecule has 1 heterocycles. The van der Waals surface area contributed by atoms with Crippen molar-refractivity contribution in [3.8, 4) is 0 Å². The van der Waals surface area contributed by atoms with Crippen LogP contribution in [0.2, 0.25) is 0 Å². The Hall–Kier alpha value is -2.74. The summed E-state index contributed by atoms with van der Waals surface area (Å²) in [6, 6.07) is 11.7. The van der Waals surface area contributed by atoms with Crippen molar-refractivity contribution in [2.75, 3.05) is 16.8 Å². The van der Waals surface area contributed by atoms with Gasteiger partial charge in [0.2, 0.25) is 11.8 Å². The van der Waals surface area contributed by atoms with E-state index in [0.717, 1.165) is 11.3 Å². The molecular formula is C18H16BrN3O4. The van der Waals surface area contributed by atoms with Crippen molar-refractivity contribution in [1.82, 2.24) is 0 Å². The fourth-order valence-corrected chi connectivity index (χ4v) is 3.35. The predicted molar refractivity (Wildman–Crippen MR) is 101 cm³/mol. The van der Waals surface area contributed by atoms with E-state index in [0.29, 0.717) is 16.7 Å². The lowest BCUT2D eigenvalue weighted by Gasteiger charge is -2.17. The molecule has 1 atom stereocenters. The molecule has 134 valence electrons. The van der Waals surface area contributed by atoms with E-state index in [1.807, 2.05) is 31.2 Å². The van der Waals surface area contributed by atoms with E-state index in [2.05, 4.69) is 21.2 Å². The third kappa shape index (κ3) is 3.75. The highest BCUT2D eigenvalue weighted by atomic mass is 79.9. The van der Waals surface area contributed by atoms with E-state index in [4.69, 9.17) is 0 Å². The number of aryl methyl sites for hydroxylation is 1. The van der Waals surface area contributed by atoms with Crippen LogP contribution in [0.3, 0.4) is 0 Å². The standard InChI is InChI=1S/C18H16BrN3O4/c1-11-3-2-4-13(7-11)21-10-12(8-17(21)23)18(24)20-16-6-5-14(22(25)26)9-15(16)19/h2-7,9,12H,8,10H2,1H3,(H,20,24). The average molecular weight is 418 g/mol. The highest BCUT2D eigenvalue weighted by Gasteiger charge is 2.35. The fourth-order valence-electron chi connectivity index (χ4n) is 2.88. The Kier molecular flexibility index (Phi) is 5.03. The molecule has 1 N–H and O–H groups in total. The Labute approximate surface area is 158 Å². The number of hydrogen-bond acceptors (Lipinski definition) is 4. The second-order valence-electron chi connectivity index (χ2n) is 6.15. The first-order valence-electron chi connectivity index (χ1n) is 7.97. The summed E-state index contributed by atoms with van der Waals surface area (Å²) in [6.45, 7) is 2.25. The van der Waals surface area contributed by atoms with Gasteiger partial charge in [-0.25, -0.2) is 0 Å². The molecule has 0 aromatic heterocycles. The summed E-state index contributed by atoms with van der Waals surface area (Å²) in [4.78, 5) is 36.7. The van der Waals surface area contributed by atoms with Gasteiger partial charge in [-0.05, 0) is 46.6 Å². The van der Waals surface area contributed by atoms with Crippen LogP contribution >= 0.6 is 15.9 Å². The van der Waals surface area contributed by atoms with Gasteiger partial charge < -0.3 is 10.2 Å². The van der Waals surface area contributed by atoms with Crippen LogP contribution in [-0.4, -0.2) is 23.3 Å². The smallest absolute Gasteiger partial charge is 0.270 e. The Morgan fingerprint density at radius 3 is 2.73 bits per heavy atom. The van der Waals surface area contributed by atoms with Crippen molar-refractivity contribution in [1.29, 1.82) is 0 Å². The first-order chi connectivity index (χ1) is 12.3. The number of carbonyl (C=O) groups is 2. The van der Waals surface area contributed by atoms with Gasteiger partial charge in [-0.15, -0.1) is 0 Å². The van der Waals surface area contributed by atoms with E-state index >= 15 is 0 Å². The van der Waals surface area contributed by atoms with Crippen LogP contribution in [0.25, 0.3) is 0 Å². The van der Waals surface area contributed by atoms with Gasteiger partial charge in [-0.1, -0.05) is 12.1 Å². The van der Waals surface area contributed by atoms with Crippen LogP contribution in [0.5, 0.6) is 0 Å². The minimum absolute atomic E-state index is 0.0726. The second kappa shape index (κ2) is 7.25. The van der Waals surface area contributed by atoms with E-state index in [9.17, 15) is 19.7 Å². The Morgan fingerprint density at radius 1 is 1.31 bits per heavy atom. The maximum absolute atomic E-state index is 12.5. The maximum Gasteiger partial charge on any atom is 0.270 e. The fraction of sp³-hybridized carbons (Fsp3) is 0.222. The SMILES string of the molecule is Cc1cccc(N2CC(C(=O)Nc3ccc([N+](=O)[O-])cc3Br)CC2=O)c1. The molecule has 1 aliphatic heterocycles. The topological polar surface area (TPSA) is 92.6 Å². The van der Waals surface area contributed by atoms with Crippen LogP contribution in [0.15, 0.2) is 46.9 Å². The molecule has 0 saturated carbocycles. The zero-order valence-electron chi connectivity index (χ0n) is 13.9. The van der Waals surface area contributed by atoms with E-state index < -0.39 is 10.8 Å². The zero-order chi connectivity index (χ0) is 18.8. The summed E-state index contributed by atoms with van der Waals surface area (Å²) >= 11 is 3.22. The number of hydrogen-bond donors (Lipinski definition) is 1. The molecule has 0 radical (unpaired) electrons. The molecule has 26 heavy (non-hydrogen) atoms. The van der Waals surface area contributed by atoms with Gasteiger partial charge >= 0.3 is 0 Å². The van der Waals surface area contributed by atoms with E-state index in [1.165, 1.54) is 18.2 Å². The number of nitro groups is 1. The van der Waals surface area contributed by atoms with Crippen molar-refractivity contribution in [3.63, 3.8) is 0 Å². The summed E-state index contributed by atoms with van der Waals surface area (Å²) in [5.41, 5.74) is 2.18. The number of nitro benzene ring substituents is 1. The molecule has 8 heteroatoms. The lowest BCUT2D eigenvalue weighted by molar-refractivity contribution is -0.384. The van der Waals surface area contributed by atoms with Crippen LogP contribution in [-0.2, 0) is 9.59 Å². The van der Waals surface area contributed by atoms with Crippen LogP contribution < -0.4 is 10.2 Å². The normalized spacial score (nSPS) is 16.6. The Bertz CT molecular complexity index is 900. The first kappa shape index (κ1) is 18.1. The molecular weight excluding hydrogens is 402 g/mol. The van der Waals surface area contributed by atoms with Crippen molar-refractivity contribution in [3.05, 3.63) is 62.6 Å². The molecule has 1 fully saturated rings. The number of carbonyl (C=O) groups excluding carboxylic acids is 2. The van der Waals surface area contributed by atoms with Gasteiger partial charge in [0.25, 0.3) is 5.69 Å². The van der Waals surface area contributed by atoms with Gasteiger partial charge in [0, 0.05) is 35.3 Å². The number of nitrogens with one attached hydrogen (secondary N) is 1. The van der Waals surface area contributed by atoms with E-state index in [1.54, 1.807) is 4.90 Å². The van der Waals surface area contributed by atoms with Gasteiger partial charge in [-0.3, -0.25) is 19.7 Å². The van der Waals surface area contributed by atoms with Crippen LogP contribution in [0.1, 0.15) is 12.0 Å². The summed E-state index contributed by atoms with van der Waals surface area (Å²) in [7, 11) is 0. The highest BCUT2D eigenvalue weighted by molar-refractivity contribution is 9.10.